The van der Waals surface area contributed by atoms with Crippen LogP contribution in [0.2, 0.25) is 5.02 Å². The van der Waals surface area contributed by atoms with Crippen LogP contribution < -0.4 is 0 Å². The number of hydrogen-bond acceptors (Lipinski definition) is 7. The van der Waals surface area contributed by atoms with Crippen LogP contribution in [0.5, 0.6) is 0 Å². The minimum absolute atomic E-state index is 0.114. The van der Waals surface area contributed by atoms with E-state index in [4.69, 9.17) is 16.3 Å². The molecule has 0 bridgehead atoms. The van der Waals surface area contributed by atoms with Gasteiger partial charge >= 0.3 is 12.2 Å². The number of carbonyl (C=O) groups is 2. The molecule has 0 spiro atoms. The Balaban J connectivity index is 1.42. The normalized spacial score (nSPS) is 13.5. The Kier molecular flexibility index (Phi) is 7.69. The SMILES string of the molecule is CC(C)(C)OC(=O)N(Cc1cc2ccc(Cn3cc(-c4cc(Cl)cnc4C#N)nn3)cc2n1C(=O)O)CC1CCC1. The molecule has 1 saturated carbocycles. The van der Waals surface area contributed by atoms with Gasteiger partial charge in [0.05, 0.1) is 29.8 Å². The number of hydrogen-bond donors (Lipinski definition) is 1. The highest BCUT2D eigenvalue weighted by atomic mass is 35.5. The quantitative estimate of drug-likeness (QED) is 0.286. The predicted molar refractivity (Wildman–Crippen MR) is 151 cm³/mol. The minimum atomic E-state index is -1.14. The summed E-state index contributed by atoms with van der Waals surface area (Å²) in [6.07, 6.45) is 4.70. The Morgan fingerprint density at radius 2 is 2.02 bits per heavy atom. The molecule has 1 fully saturated rings. The summed E-state index contributed by atoms with van der Waals surface area (Å²) in [6.45, 7) is 6.39. The topological polar surface area (TPSA) is 139 Å². The predicted octanol–water partition coefficient (Wildman–Crippen LogP) is 5.93. The Morgan fingerprint density at radius 1 is 1.24 bits per heavy atom. The molecule has 1 aliphatic rings. The third kappa shape index (κ3) is 6.33. The fourth-order valence-corrected chi connectivity index (χ4v) is 5.02. The van der Waals surface area contributed by atoms with Crippen LogP contribution in [0.4, 0.5) is 9.59 Å². The molecule has 1 aromatic carbocycles. The number of rotatable bonds is 7. The number of aromatic nitrogens is 5. The molecule has 0 aliphatic heterocycles. The summed E-state index contributed by atoms with van der Waals surface area (Å²) in [5.41, 5.74) is 2.23. The molecule has 1 N–H and O–H groups in total. The van der Waals surface area contributed by atoms with E-state index in [1.165, 1.54) is 10.8 Å². The lowest BCUT2D eigenvalue weighted by Gasteiger charge is -2.33. The van der Waals surface area contributed by atoms with Crippen molar-refractivity contribution in [3.63, 3.8) is 0 Å². The lowest BCUT2D eigenvalue weighted by molar-refractivity contribution is 0.0168. The second kappa shape index (κ2) is 11.2. The van der Waals surface area contributed by atoms with Gasteiger partial charge in [0, 0.05) is 29.4 Å². The van der Waals surface area contributed by atoms with E-state index in [0.717, 1.165) is 30.2 Å². The third-order valence-electron chi connectivity index (χ3n) is 6.96. The monoisotopic (exact) mass is 575 g/mol. The van der Waals surface area contributed by atoms with Gasteiger partial charge in [-0.2, -0.15) is 5.26 Å². The average Bonchev–Trinajstić information content (AvgIpc) is 3.48. The van der Waals surface area contributed by atoms with Gasteiger partial charge in [0.1, 0.15) is 23.1 Å². The smallest absolute Gasteiger partial charge is 0.416 e. The Bertz CT molecular complexity index is 1660. The first-order valence-corrected chi connectivity index (χ1v) is 13.7. The van der Waals surface area contributed by atoms with Crippen molar-refractivity contribution < 1.29 is 19.4 Å². The van der Waals surface area contributed by atoms with E-state index < -0.39 is 17.8 Å². The molecule has 0 unspecified atom stereocenters. The van der Waals surface area contributed by atoms with Crippen molar-refractivity contribution in [2.24, 2.45) is 5.92 Å². The standard InChI is InChI=1S/C29H30ClN7O4/c1-29(2,3)41-28(40)35(14-18-5-4-6-18)16-22-10-20-8-7-19(9-26(20)37(22)27(38)39)15-36-17-25(33-34-36)23-11-21(30)13-32-24(23)12-31/h7-11,13,17-18H,4-6,14-16H2,1-3H3,(H,38,39). The molecule has 3 heterocycles. The highest BCUT2D eigenvalue weighted by Gasteiger charge is 2.29. The summed E-state index contributed by atoms with van der Waals surface area (Å²) < 4.78 is 8.46. The average molecular weight is 576 g/mol. The van der Waals surface area contributed by atoms with E-state index in [-0.39, 0.29) is 12.2 Å². The van der Waals surface area contributed by atoms with Crippen LogP contribution in [0.1, 0.15) is 57.0 Å². The number of nitriles is 1. The van der Waals surface area contributed by atoms with Crippen molar-refractivity contribution in [1.82, 2.24) is 29.4 Å². The fraction of sp³-hybridized carbons (Fsp3) is 0.379. The van der Waals surface area contributed by atoms with Crippen molar-refractivity contribution in [2.75, 3.05) is 6.54 Å². The van der Waals surface area contributed by atoms with Crippen molar-refractivity contribution in [2.45, 2.75) is 58.7 Å². The Hall–Kier alpha value is -4.43. The maximum Gasteiger partial charge on any atom is 0.416 e. The van der Waals surface area contributed by atoms with Crippen molar-refractivity contribution in [3.8, 4) is 17.3 Å². The molecule has 3 aromatic heterocycles. The van der Waals surface area contributed by atoms with Crippen LogP contribution >= 0.6 is 11.6 Å². The van der Waals surface area contributed by atoms with Gasteiger partial charge in [-0.05, 0) is 63.3 Å². The Morgan fingerprint density at radius 3 is 2.68 bits per heavy atom. The van der Waals surface area contributed by atoms with Gasteiger partial charge in [0.2, 0.25) is 0 Å². The summed E-state index contributed by atoms with van der Waals surface area (Å²) in [5, 5.41) is 29.0. The fourth-order valence-electron chi connectivity index (χ4n) is 4.87. The second-order valence-electron chi connectivity index (χ2n) is 11.3. The molecule has 4 aromatic rings. The van der Waals surface area contributed by atoms with Gasteiger partial charge in [-0.25, -0.2) is 23.8 Å². The number of halogens is 1. The number of nitrogens with zero attached hydrogens (tertiary/aromatic N) is 7. The van der Waals surface area contributed by atoms with Crippen LogP contribution in [0.25, 0.3) is 22.2 Å². The molecule has 0 atom stereocenters. The molecule has 11 nitrogen and oxygen atoms in total. The number of fused-ring (bicyclic) bond motifs is 1. The number of amides is 1. The number of ether oxygens (including phenoxy) is 1. The van der Waals surface area contributed by atoms with Gasteiger partial charge in [-0.3, -0.25) is 0 Å². The third-order valence-corrected chi connectivity index (χ3v) is 7.17. The summed E-state index contributed by atoms with van der Waals surface area (Å²) in [5.74, 6) is 0.385. The van der Waals surface area contributed by atoms with Gasteiger partial charge < -0.3 is 14.7 Å². The van der Waals surface area contributed by atoms with E-state index in [2.05, 4.69) is 15.3 Å². The van der Waals surface area contributed by atoms with Gasteiger partial charge in [-0.15, -0.1) is 5.10 Å². The minimum Gasteiger partial charge on any atom is -0.464 e. The highest BCUT2D eigenvalue weighted by Crippen LogP contribution is 2.30. The molecular weight excluding hydrogens is 546 g/mol. The number of carbonyl (C=O) groups excluding carboxylic acids is 1. The number of carboxylic acid groups (broad SMARTS) is 1. The summed E-state index contributed by atoms with van der Waals surface area (Å²) in [7, 11) is 0. The molecule has 212 valence electrons. The molecule has 1 amide bonds. The number of benzene rings is 1. The van der Waals surface area contributed by atoms with Crippen LogP contribution in [-0.4, -0.2) is 58.9 Å². The molecule has 5 rings (SSSR count). The number of pyridine rings is 1. The zero-order valence-electron chi connectivity index (χ0n) is 23.0. The second-order valence-corrected chi connectivity index (χ2v) is 11.7. The van der Waals surface area contributed by atoms with E-state index in [9.17, 15) is 20.0 Å². The van der Waals surface area contributed by atoms with E-state index in [0.29, 0.717) is 46.5 Å². The molecule has 12 heteroatoms. The van der Waals surface area contributed by atoms with Crippen LogP contribution in [0.3, 0.4) is 0 Å². The zero-order valence-corrected chi connectivity index (χ0v) is 23.8. The first-order chi connectivity index (χ1) is 19.5. The van der Waals surface area contributed by atoms with Crippen LogP contribution in [0.15, 0.2) is 42.7 Å². The molecular formula is C29H30ClN7O4. The maximum atomic E-state index is 13.1. The van der Waals surface area contributed by atoms with Gasteiger partial charge in [0.15, 0.2) is 0 Å². The maximum absolute atomic E-state index is 13.1. The molecule has 1 aliphatic carbocycles. The Labute approximate surface area is 241 Å². The molecule has 0 radical (unpaired) electrons. The van der Waals surface area contributed by atoms with Crippen molar-refractivity contribution in [1.29, 1.82) is 5.26 Å². The summed E-state index contributed by atoms with van der Waals surface area (Å²) in [4.78, 5) is 31.2. The zero-order chi connectivity index (χ0) is 29.3. The summed E-state index contributed by atoms with van der Waals surface area (Å²) in [6, 6.07) is 11.0. The van der Waals surface area contributed by atoms with Crippen LogP contribution in [-0.2, 0) is 17.8 Å². The lowest BCUT2D eigenvalue weighted by Crippen LogP contribution is -2.41. The van der Waals surface area contributed by atoms with E-state index >= 15 is 0 Å². The van der Waals surface area contributed by atoms with E-state index in [1.54, 1.807) is 34.0 Å². The van der Waals surface area contributed by atoms with Gasteiger partial charge in [0.25, 0.3) is 0 Å². The molecule has 41 heavy (non-hydrogen) atoms. The van der Waals surface area contributed by atoms with Gasteiger partial charge in [-0.1, -0.05) is 35.4 Å². The largest absolute Gasteiger partial charge is 0.464 e. The first kappa shape index (κ1) is 28.1. The summed E-state index contributed by atoms with van der Waals surface area (Å²) >= 11 is 6.06. The van der Waals surface area contributed by atoms with Crippen LogP contribution in [0, 0.1) is 17.2 Å². The molecule has 0 saturated heterocycles. The highest BCUT2D eigenvalue weighted by molar-refractivity contribution is 6.30. The lowest BCUT2D eigenvalue weighted by atomic mass is 9.85. The first-order valence-electron chi connectivity index (χ1n) is 13.3. The van der Waals surface area contributed by atoms with E-state index in [1.807, 2.05) is 39.0 Å². The van der Waals surface area contributed by atoms with Crippen molar-refractivity contribution in [3.05, 3.63) is 64.7 Å². The van der Waals surface area contributed by atoms with Crippen molar-refractivity contribution >= 4 is 34.7 Å².